The van der Waals surface area contributed by atoms with Gasteiger partial charge in [0, 0.05) is 15.7 Å². The van der Waals surface area contributed by atoms with Crippen molar-refractivity contribution in [1.82, 2.24) is 4.90 Å². The van der Waals surface area contributed by atoms with Crippen LogP contribution in [0.25, 0.3) is 6.08 Å². The number of halogens is 2. The first-order valence-electron chi connectivity index (χ1n) is 7.45. The first kappa shape index (κ1) is 17.9. The molecule has 2 amide bonds. The van der Waals surface area contributed by atoms with E-state index in [4.69, 9.17) is 23.2 Å². The second-order valence-corrected chi connectivity index (χ2v) is 7.24. The molecule has 0 aromatic heterocycles. The molecule has 0 atom stereocenters. The molecule has 0 bridgehead atoms. The molecule has 0 unspecified atom stereocenters. The summed E-state index contributed by atoms with van der Waals surface area (Å²) >= 11 is 13.1. The van der Waals surface area contributed by atoms with E-state index in [1.54, 1.807) is 24.3 Å². The number of nitrogens with one attached hydrogen (secondary N) is 1. The SMILES string of the molecule is Cc1ccc(NCN2C(=O)S/C(=C/c3ccccc3Cl)C2=O)cc1Cl. The summed E-state index contributed by atoms with van der Waals surface area (Å²) in [6, 6.07) is 12.6. The molecule has 1 N–H and O–H groups in total. The van der Waals surface area contributed by atoms with E-state index in [2.05, 4.69) is 5.32 Å². The number of carbonyl (C=O) groups excluding carboxylic acids is 2. The van der Waals surface area contributed by atoms with Crippen molar-refractivity contribution in [2.45, 2.75) is 6.92 Å². The summed E-state index contributed by atoms with van der Waals surface area (Å²) in [6.07, 6.45) is 1.63. The molecule has 1 saturated heterocycles. The molecule has 1 aliphatic rings. The van der Waals surface area contributed by atoms with Gasteiger partial charge in [0.2, 0.25) is 0 Å². The lowest BCUT2D eigenvalue weighted by atomic mass is 10.2. The van der Waals surface area contributed by atoms with Gasteiger partial charge in [-0.15, -0.1) is 0 Å². The van der Waals surface area contributed by atoms with Crippen molar-refractivity contribution in [2.75, 3.05) is 12.0 Å². The van der Waals surface area contributed by atoms with Gasteiger partial charge in [-0.05, 0) is 54.1 Å². The summed E-state index contributed by atoms with van der Waals surface area (Å²) < 4.78 is 0. The highest BCUT2D eigenvalue weighted by Crippen LogP contribution is 2.33. The number of carbonyl (C=O) groups is 2. The Balaban J connectivity index is 1.73. The normalized spacial score (nSPS) is 16.0. The van der Waals surface area contributed by atoms with Gasteiger partial charge < -0.3 is 5.32 Å². The second-order valence-electron chi connectivity index (χ2n) is 5.43. The average molecular weight is 393 g/mol. The maximum atomic E-state index is 12.5. The van der Waals surface area contributed by atoms with Crippen LogP contribution in [-0.2, 0) is 4.79 Å². The van der Waals surface area contributed by atoms with Gasteiger partial charge in [0.1, 0.15) is 0 Å². The smallest absolute Gasteiger partial charge is 0.295 e. The van der Waals surface area contributed by atoms with Crippen LogP contribution in [0.15, 0.2) is 47.4 Å². The van der Waals surface area contributed by atoms with E-state index >= 15 is 0 Å². The average Bonchev–Trinajstić information content (AvgIpc) is 2.85. The van der Waals surface area contributed by atoms with Gasteiger partial charge in [-0.25, -0.2) is 0 Å². The zero-order valence-corrected chi connectivity index (χ0v) is 15.6. The lowest BCUT2D eigenvalue weighted by Gasteiger charge is -2.15. The lowest BCUT2D eigenvalue weighted by Crippen LogP contribution is -2.33. The fourth-order valence-electron chi connectivity index (χ4n) is 2.24. The molecule has 1 heterocycles. The summed E-state index contributed by atoms with van der Waals surface area (Å²) in [4.78, 5) is 26.1. The first-order valence-corrected chi connectivity index (χ1v) is 9.03. The Hall–Kier alpha value is -1.95. The Labute approximate surface area is 159 Å². The van der Waals surface area contributed by atoms with Gasteiger partial charge in [0.15, 0.2) is 0 Å². The summed E-state index contributed by atoms with van der Waals surface area (Å²) in [7, 11) is 0. The molecule has 2 aromatic carbocycles. The molecule has 3 rings (SSSR count). The Morgan fingerprint density at radius 3 is 2.60 bits per heavy atom. The number of anilines is 1. The number of imide groups is 1. The van der Waals surface area contributed by atoms with Gasteiger partial charge >= 0.3 is 0 Å². The predicted octanol–water partition coefficient (Wildman–Crippen LogP) is 5.41. The molecule has 0 aliphatic carbocycles. The Morgan fingerprint density at radius 1 is 1.12 bits per heavy atom. The van der Waals surface area contributed by atoms with Crippen LogP contribution in [0, 0.1) is 6.92 Å². The highest BCUT2D eigenvalue weighted by atomic mass is 35.5. The molecule has 1 aliphatic heterocycles. The number of hydrogen-bond acceptors (Lipinski definition) is 4. The van der Waals surface area contributed by atoms with Crippen LogP contribution in [0.5, 0.6) is 0 Å². The van der Waals surface area contributed by atoms with Crippen LogP contribution in [0.4, 0.5) is 10.5 Å². The van der Waals surface area contributed by atoms with Gasteiger partial charge in [0.05, 0.1) is 11.6 Å². The van der Waals surface area contributed by atoms with Crippen molar-refractivity contribution < 1.29 is 9.59 Å². The number of nitrogens with zero attached hydrogens (tertiary/aromatic N) is 1. The molecule has 1 fully saturated rings. The summed E-state index contributed by atoms with van der Waals surface area (Å²) in [5.74, 6) is -0.347. The van der Waals surface area contributed by atoms with Gasteiger partial charge in [0.25, 0.3) is 11.1 Å². The molecule has 7 heteroatoms. The third kappa shape index (κ3) is 4.00. The monoisotopic (exact) mass is 392 g/mol. The maximum Gasteiger partial charge on any atom is 0.295 e. The quantitative estimate of drug-likeness (QED) is 0.706. The Bertz CT molecular complexity index is 883. The molecule has 25 heavy (non-hydrogen) atoms. The zero-order chi connectivity index (χ0) is 18.0. The van der Waals surface area contributed by atoms with E-state index in [0.717, 1.165) is 27.9 Å². The van der Waals surface area contributed by atoms with Crippen molar-refractivity contribution in [2.24, 2.45) is 0 Å². The summed E-state index contributed by atoms with van der Waals surface area (Å²) in [6.45, 7) is 1.98. The van der Waals surface area contributed by atoms with Crippen molar-refractivity contribution in [1.29, 1.82) is 0 Å². The molecule has 128 valence electrons. The van der Waals surface area contributed by atoms with E-state index in [0.29, 0.717) is 20.5 Å². The maximum absolute atomic E-state index is 12.5. The minimum absolute atomic E-state index is 0.0733. The molecular formula is C18H14Cl2N2O2S. The van der Waals surface area contributed by atoms with Crippen molar-refractivity contribution in [3.8, 4) is 0 Å². The molecule has 0 radical (unpaired) electrons. The number of aryl methyl sites for hydroxylation is 1. The Kier molecular flexibility index (Phi) is 5.37. The third-order valence-electron chi connectivity index (χ3n) is 3.68. The van der Waals surface area contributed by atoms with Gasteiger partial charge in [-0.3, -0.25) is 14.5 Å². The summed E-state index contributed by atoms with van der Waals surface area (Å²) in [5, 5.41) is 3.87. The second kappa shape index (κ2) is 7.52. The number of thioether (sulfide) groups is 1. The molecular weight excluding hydrogens is 379 g/mol. The van der Waals surface area contributed by atoms with Crippen LogP contribution in [0.1, 0.15) is 11.1 Å². The highest BCUT2D eigenvalue weighted by molar-refractivity contribution is 8.18. The number of hydrogen-bond donors (Lipinski definition) is 1. The van der Waals surface area contributed by atoms with Crippen LogP contribution in [0.3, 0.4) is 0 Å². The van der Waals surface area contributed by atoms with Crippen molar-refractivity contribution in [3.05, 3.63) is 68.5 Å². The van der Waals surface area contributed by atoms with Crippen molar-refractivity contribution in [3.63, 3.8) is 0 Å². The zero-order valence-electron chi connectivity index (χ0n) is 13.3. The first-order chi connectivity index (χ1) is 12.0. The fourth-order valence-corrected chi connectivity index (χ4v) is 3.44. The Morgan fingerprint density at radius 2 is 1.88 bits per heavy atom. The van der Waals surface area contributed by atoms with Crippen LogP contribution < -0.4 is 5.32 Å². The largest absolute Gasteiger partial charge is 0.367 e. The third-order valence-corrected chi connectivity index (χ3v) is 5.34. The molecule has 4 nitrogen and oxygen atoms in total. The topological polar surface area (TPSA) is 49.4 Å². The predicted molar refractivity (Wildman–Crippen MR) is 104 cm³/mol. The lowest BCUT2D eigenvalue weighted by molar-refractivity contribution is -0.122. The van der Waals surface area contributed by atoms with E-state index in [1.165, 1.54) is 0 Å². The van der Waals surface area contributed by atoms with E-state index < -0.39 is 0 Å². The highest BCUT2D eigenvalue weighted by Gasteiger charge is 2.34. The van der Waals surface area contributed by atoms with E-state index in [-0.39, 0.29) is 17.8 Å². The standard InChI is InChI=1S/C18H14Cl2N2O2S/c1-11-6-7-13(9-15(11)20)21-10-22-17(23)16(25-18(22)24)8-12-4-2-3-5-14(12)19/h2-9,21H,10H2,1H3/b16-8+. The van der Waals surface area contributed by atoms with Gasteiger partial charge in [-0.1, -0.05) is 47.5 Å². The molecule has 0 saturated carbocycles. The fraction of sp³-hybridized carbons (Fsp3) is 0.111. The van der Waals surface area contributed by atoms with Gasteiger partial charge in [-0.2, -0.15) is 0 Å². The van der Waals surface area contributed by atoms with Crippen LogP contribution >= 0.6 is 35.0 Å². The van der Waals surface area contributed by atoms with Crippen molar-refractivity contribution >= 4 is 57.9 Å². The minimum Gasteiger partial charge on any atom is -0.367 e. The number of amides is 2. The van der Waals surface area contributed by atoms with Crippen LogP contribution in [-0.4, -0.2) is 22.7 Å². The molecule has 0 spiro atoms. The van der Waals surface area contributed by atoms with E-state index in [1.807, 2.05) is 31.2 Å². The summed E-state index contributed by atoms with van der Waals surface area (Å²) in [5.41, 5.74) is 2.40. The number of benzene rings is 2. The molecule has 2 aromatic rings. The number of rotatable bonds is 4. The minimum atomic E-state index is -0.347. The van der Waals surface area contributed by atoms with E-state index in [9.17, 15) is 9.59 Å². The van der Waals surface area contributed by atoms with Crippen LogP contribution in [0.2, 0.25) is 10.0 Å².